The number of benzene rings is 1. The molecule has 1 fully saturated rings. The molecule has 1 heterocycles. The van der Waals surface area contributed by atoms with Crippen molar-refractivity contribution in [1.82, 2.24) is 0 Å². The molecule has 1 N–H and O–H groups in total. The lowest BCUT2D eigenvalue weighted by molar-refractivity contribution is 0.0482. The van der Waals surface area contributed by atoms with Gasteiger partial charge in [-0.25, -0.2) is 0 Å². The Morgan fingerprint density at radius 1 is 1.35 bits per heavy atom. The highest BCUT2D eigenvalue weighted by atomic mass is 16.6. The first-order valence-electron chi connectivity index (χ1n) is 5.49. The van der Waals surface area contributed by atoms with Gasteiger partial charge in [-0.3, -0.25) is 4.79 Å². The third-order valence-corrected chi connectivity index (χ3v) is 2.82. The van der Waals surface area contributed by atoms with Gasteiger partial charge in [0.15, 0.2) is 5.78 Å². The number of ketones is 1. The van der Waals surface area contributed by atoms with Crippen molar-refractivity contribution in [1.29, 1.82) is 0 Å². The average molecular weight is 236 g/mol. The van der Waals surface area contributed by atoms with Crippen LogP contribution in [0.1, 0.15) is 24.2 Å². The van der Waals surface area contributed by atoms with E-state index < -0.39 is 17.8 Å². The Labute approximate surface area is 100 Å². The van der Waals surface area contributed by atoms with Gasteiger partial charge in [-0.1, -0.05) is 0 Å². The predicted molar refractivity (Wildman–Crippen MR) is 62.3 cm³/mol. The van der Waals surface area contributed by atoms with Gasteiger partial charge >= 0.3 is 0 Å². The fourth-order valence-electron chi connectivity index (χ4n) is 1.77. The van der Waals surface area contributed by atoms with Crippen molar-refractivity contribution < 1.29 is 19.4 Å². The fourth-order valence-corrected chi connectivity index (χ4v) is 1.77. The van der Waals surface area contributed by atoms with Crippen LogP contribution in [0.4, 0.5) is 0 Å². The molecule has 92 valence electrons. The van der Waals surface area contributed by atoms with Crippen LogP contribution in [0.15, 0.2) is 24.3 Å². The molecule has 0 spiro atoms. The van der Waals surface area contributed by atoms with Crippen molar-refractivity contribution in [2.45, 2.75) is 31.7 Å². The molecule has 17 heavy (non-hydrogen) atoms. The van der Waals surface area contributed by atoms with E-state index in [1.54, 1.807) is 45.2 Å². The molecule has 1 aliphatic rings. The van der Waals surface area contributed by atoms with E-state index >= 15 is 0 Å². The first kappa shape index (κ1) is 12.1. The van der Waals surface area contributed by atoms with Gasteiger partial charge < -0.3 is 14.6 Å². The van der Waals surface area contributed by atoms with Gasteiger partial charge in [-0.15, -0.1) is 0 Å². The topological polar surface area (TPSA) is 59.1 Å². The van der Waals surface area contributed by atoms with Crippen molar-refractivity contribution >= 4 is 5.78 Å². The molecule has 1 aliphatic heterocycles. The van der Waals surface area contributed by atoms with E-state index in [0.717, 1.165) is 0 Å². The molecule has 4 nitrogen and oxygen atoms in total. The van der Waals surface area contributed by atoms with E-state index in [-0.39, 0.29) is 5.78 Å². The highest BCUT2D eigenvalue weighted by molar-refractivity contribution is 6.01. The Hall–Kier alpha value is -1.39. The first-order valence-corrected chi connectivity index (χ1v) is 5.49. The number of epoxide rings is 1. The van der Waals surface area contributed by atoms with Crippen LogP contribution >= 0.6 is 0 Å². The summed E-state index contributed by atoms with van der Waals surface area (Å²) in [5, 5.41) is 9.71. The number of hydrogen-bond donors (Lipinski definition) is 1. The van der Waals surface area contributed by atoms with Gasteiger partial charge in [-0.05, 0) is 38.1 Å². The average Bonchev–Trinajstić information content (AvgIpc) is 3.08. The molecule has 4 heteroatoms. The molecular weight excluding hydrogens is 220 g/mol. The second-order valence-electron chi connectivity index (χ2n) is 4.72. The van der Waals surface area contributed by atoms with Crippen LogP contribution in [0, 0.1) is 0 Å². The van der Waals surface area contributed by atoms with Gasteiger partial charge in [0.1, 0.15) is 18.0 Å². The van der Waals surface area contributed by atoms with E-state index in [2.05, 4.69) is 0 Å². The molecule has 0 radical (unpaired) electrons. The lowest BCUT2D eigenvalue weighted by atomic mass is 9.98. The molecule has 0 aliphatic carbocycles. The summed E-state index contributed by atoms with van der Waals surface area (Å²) in [6, 6.07) is 6.86. The number of methoxy groups -OCH3 is 1. The molecule has 1 saturated heterocycles. The van der Waals surface area contributed by atoms with Crippen LogP contribution in [-0.2, 0) is 4.74 Å². The van der Waals surface area contributed by atoms with Crippen molar-refractivity contribution in [3.63, 3.8) is 0 Å². The van der Waals surface area contributed by atoms with Crippen molar-refractivity contribution in [2.24, 2.45) is 0 Å². The van der Waals surface area contributed by atoms with Gasteiger partial charge in [0.25, 0.3) is 0 Å². The quantitative estimate of drug-likeness (QED) is 0.634. The van der Waals surface area contributed by atoms with Gasteiger partial charge in [-0.2, -0.15) is 0 Å². The van der Waals surface area contributed by atoms with E-state index in [9.17, 15) is 9.90 Å². The zero-order chi connectivity index (χ0) is 12.6. The van der Waals surface area contributed by atoms with Gasteiger partial charge in [0.2, 0.25) is 0 Å². The number of carbonyl (C=O) groups is 1. The smallest absolute Gasteiger partial charge is 0.194 e. The normalized spacial score (nSPS) is 23.3. The van der Waals surface area contributed by atoms with E-state index in [1.165, 1.54) is 0 Å². The zero-order valence-electron chi connectivity index (χ0n) is 10.1. The number of aliphatic hydroxyl groups is 1. The minimum atomic E-state index is -0.979. The van der Waals surface area contributed by atoms with Crippen LogP contribution in [0.3, 0.4) is 0 Å². The predicted octanol–water partition coefficient (Wildman–Crippen LogP) is 1.42. The summed E-state index contributed by atoms with van der Waals surface area (Å²) in [6.07, 6.45) is -0.930. The Bertz CT molecular complexity index is 416. The van der Waals surface area contributed by atoms with Crippen molar-refractivity contribution in [3.8, 4) is 5.75 Å². The molecule has 0 bridgehead atoms. The standard InChI is InChI=1S/C13H16O4/c1-13(2,15)12-11(17-12)10(14)8-4-6-9(16-3)7-5-8/h4-7,11-12,15H,1-3H3. The molecular formula is C13H16O4. The zero-order valence-corrected chi connectivity index (χ0v) is 10.1. The van der Waals surface area contributed by atoms with Gasteiger partial charge in [0.05, 0.1) is 12.7 Å². The van der Waals surface area contributed by atoms with Crippen LogP contribution in [0.5, 0.6) is 5.75 Å². The Kier molecular flexibility index (Phi) is 2.93. The molecule has 0 amide bonds. The number of Topliss-reactive ketones (excluding diaryl/α,β-unsaturated/α-hetero) is 1. The maximum absolute atomic E-state index is 12.0. The maximum Gasteiger partial charge on any atom is 0.194 e. The molecule has 1 aromatic rings. The third-order valence-electron chi connectivity index (χ3n) is 2.82. The number of carbonyl (C=O) groups excluding carboxylic acids is 1. The SMILES string of the molecule is COc1ccc(C(=O)C2OC2C(C)(C)O)cc1. The van der Waals surface area contributed by atoms with E-state index in [0.29, 0.717) is 11.3 Å². The maximum atomic E-state index is 12.0. The summed E-state index contributed by atoms with van der Waals surface area (Å²) < 4.78 is 10.2. The van der Waals surface area contributed by atoms with E-state index in [4.69, 9.17) is 9.47 Å². The fraction of sp³-hybridized carbons (Fsp3) is 0.462. The van der Waals surface area contributed by atoms with E-state index in [1.807, 2.05) is 0 Å². The Balaban J connectivity index is 2.06. The lowest BCUT2D eigenvalue weighted by Gasteiger charge is -2.12. The summed E-state index contributed by atoms with van der Waals surface area (Å²) in [5.74, 6) is 0.608. The number of ether oxygens (including phenoxy) is 2. The highest BCUT2D eigenvalue weighted by Gasteiger charge is 2.53. The van der Waals surface area contributed by atoms with Crippen molar-refractivity contribution in [2.75, 3.05) is 7.11 Å². The second-order valence-corrected chi connectivity index (χ2v) is 4.72. The first-order chi connectivity index (χ1) is 7.93. The summed E-state index contributed by atoms with van der Waals surface area (Å²) >= 11 is 0. The van der Waals surface area contributed by atoms with Gasteiger partial charge in [0, 0.05) is 5.56 Å². The van der Waals surface area contributed by atoms with Crippen LogP contribution in [0.25, 0.3) is 0 Å². The largest absolute Gasteiger partial charge is 0.497 e. The molecule has 2 atom stereocenters. The van der Waals surface area contributed by atoms with Crippen LogP contribution in [-0.4, -0.2) is 35.8 Å². The Morgan fingerprint density at radius 2 is 1.94 bits per heavy atom. The van der Waals surface area contributed by atoms with Crippen molar-refractivity contribution in [3.05, 3.63) is 29.8 Å². The number of hydrogen-bond acceptors (Lipinski definition) is 4. The minimum Gasteiger partial charge on any atom is -0.497 e. The minimum absolute atomic E-state index is 0.0974. The number of rotatable bonds is 4. The molecule has 0 aromatic heterocycles. The Morgan fingerprint density at radius 3 is 2.35 bits per heavy atom. The summed E-state index contributed by atoms with van der Waals surface area (Å²) in [7, 11) is 1.57. The summed E-state index contributed by atoms with van der Waals surface area (Å²) in [5.41, 5.74) is -0.408. The molecule has 0 saturated carbocycles. The lowest BCUT2D eigenvalue weighted by Crippen LogP contribution is -2.30. The second kappa shape index (κ2) is 4.13. The highest BCUT2D eigenvalue weighted by Crippen LogP contribution is 2.34. The third kappa shape index (κ3) is 2.48. The molecule has 2 rings (SSSR count). The molecule has 1 aromatic carbocycles. The van der Waals surface area contributed by atoms with Crippen LogP contribution < -0.4 is 4.74 Å². The molecule has 2 unspecified atom stereocenters. The summed E-state index contributed by atoms with van der Waals surface area (Å²) in [6.45, 7) is 3.28. The summed E-state index contributed by atoms with van der Waals surface area (Å²) in [4.78, 5) is 12.0. The monoisotopic (exact) mass is 236 g/mol. The van der Waals surface area contributed by atoms with Crippen LogP contribution in [0.2, 0.25) is 0 Å².